The molecule has 1 aliphatic heterocycles. The molecule has 0 aromatic rings. The van der Waals surface area contributed by atoms with Gasteiger partial charge in [-0.25, -0.2) is 0 Å². The minimum atomic E-state index is -1.64. The number of allylic oxidation sites excluding steroid dienone is 15. The van der Waals surface area contributed by atoms with Crippen LogP contribution >= 0.6 is 0 Å². The zero-order valence-electron chi connectivity index (χ0n) is 43.1. The maximum absolute atomic E-state index is 13.3. The van der Waals surface area contributed by atoms with Crippen molar-refractivity contribution < 1.29 is 49.3 Å². The lowest BCUT2D eigenvalue weighted by Gasteiger charge is -2.41. The molecule has 69 heavy (non-hydrogen) atoms. The van der Waals surface area contributed by atoms with Crippen molar-refractivity contribution >= 4 is 11.9 Å². The number of unbranched alkanes of at least 4 members (excludes halogenated alkanes) is 20. The Morgan fingerprint density at radius 1 is 0.580 bits per heavy atom. The van der Waals surface area contributed by atoms with Gasteiger partial charge in [0.2, 0.25) is 5.91 Å². The van der Waals surface area contributed by atoms with E-state index in [9.17, 15) is 35.1 Å². The van der Waals surface area contributed by atoms with Gasteiger partial charge in [-0.3, -0.25) is 9.59 Å². The molecule has 11 nitrogen and oxygen atoms in total. The smallest absolute Gasteiger partial charge is 0.306 e. The molecule has 0 aliphatic carbocycles. The van der Waals surface area contributed by atoms with Gasteiger partial charge in [0.25, 0.3) is 0 Å². The zero-order valence-corrected chi connectivity index (χ0v) is 43.1. The number of carbonyl (C=O) groups is 2. The first kappa shape index (κ1) is 63.6. The third-order valence-electron chi connectivity index (χ3n) is 12.1. The number of hydrogen-bond acceptors (Lipinski definition) is 10. The van der Waals surface area contributed by atoms with Crippen molar-refractivity contribution in [3.8, 4) is 0 Å². The third kappa shape index (κ3) is 34.5. The number of rotatable bonds is 43. The summed E-state index contributed by atoms with van der Waals surface area (Å²) in [6.45, 7) is 5.54. The summed E-state index contributed by atoms with van der Waals surface area (Å²) in [5.41, 5.74) is 0. The van der Waals surface area contributed by atoms with Crippen LogP contribution in [0.2, 0.25) is 0 Å². The van der Waals surface area contributed by atoms with E-state index in [2.05, 4.69) is 62.5 Å². The maximum atomic E-state index is 13.3. The highest BCUT2D eigenvalue weighted by Crippen LogP contribution is 2.26. The predicted molar refractivity (Wildman–Crippen MR) is 282 cm³/mol. The van der Waals surface area contributed by atoms with Gasteiger partial charge in [-0.15, -0.1) is 0 Å². The van der Waals surface area contributed by atoms with Crippen LogP contribution in [0.5, 0.6) is 0 Å². The molecule has 0 bridgehead atoms. The molecule has 1 amide bonds. The van der Waals surface area contributed by atoms with Gasteiger partial charge in [0.05, 0.1) is 25.4 Å². The predicted octanol–water partition coefficient (Wildman–Crippen LogP) is 11.6. The molecule has 1 saturated heterocycles. The number of esters is 1. The van der Waals surface area contributed by atoms with E-state index in [-0.39, 0.29) is 19.4 Å². The number of amides is 1. The van der Waals surface area contributed by atoms with Crippen molar-refractivity contribution in [3.05, 3.63) is 97.2 Å². The van der Waals surface area contributed by atoms with Crippen molar-refractivity contribution in [2.45, 2.75) is 243 Å². The maximum Gasteiger partial charge on any atom is 0.306 e. The monoisotopic (exact) mass is 968 g/mol. The van der Waals surface area contributed by atoms with Crippen LogP contribution in [-0.4, -0.2) is 99.6 Å². The zero-order chi connectivity index (χ0) is 50.4. The van der Waals surface area contributed by atoms with Gasteiger partial charge < -0.3 is 45.1 Å². The minimum Gasteiger partial charge on any atom is -0.454 e. The highest BCUT2D eigenvalue weighted by atomic mass is 16.7. The van der Waals surface area contributed by atoms with Crippen LogP contribution < -0.4 is 5.32 Å². The van der Waals surface area contributed by atoms with Crippen molar-refractivity contribution in [2.24, 2.45) is 0 Å². The van der Waals surface area contributed by atoms with Gasteiger partial charge >= 0.3 is 5.97 Å². The second-order valence-corrected chi connectivity index (χ2v) is 18.4. The van der Waals surface area contributed by atoms with Crippen LogP contribution in [0.4, 0.5) is 0 Å². The molecule has 0 spiro atoms. The second-order valence-electron chi connectivity index (χ2n) is 18.4. The Morgan fingerprint density at radius 2 is 1.04 bits per heavy atom. The summed E-state index contributed by atoms with van der Waals surface area (Å²) in [4.78, 5) is 26.4. The number of aliphatic hydroxyl groups is 5. The van der Waals surface area contributed by atoms with Gasteiger partial charge in [-0.2, -0.15) is 0 Å². The Hall–Kier alpha value is -3.42. The third-order valence-corrected chi connectivity index (χ3v) is 12.1. The Kier molecular flexibility index (Phi) is 42.1. The Labute approximate surface area is 418 Å². The van der Waals surface area contributed by atoms with Crippen LogP contribution in [0.15, 0.2) is 97.2 Å². The van der Waals surface area contributed by atoms with E-state index in [1.807, 2.05) is 54.7 Å². The molecule has 0 saturated carbocycles. The summed E-state index contributed by atoms with van der Waals surface area (Å²) in [7, 11) is 0. The fraction of sp³-hybridized carbons (Fsp3) is 0.690. The molecule has 11 heteroatoms. The van der Waals surface area contributed by atoms with E-state index in [0.29, 0.717) is 12.8 Å². The standard InChI is InChI=1S/C58H97NO10/c1-4-7-10-13-16-19-22-24-26-28-31-34-37-40-43-46-53(63)69-56-55(65)54(64)52(47-60)68-58(56)67-48-49(50(61)44-41-38-35-32-29-21-18-15-12-9-6-3)59-57(66)51(62)45-42-39-36-33-30-27-25-23-20-17-14-11-8-5-2/h7,10,13,16-17,19-20,22-26,28,31,41,44,49-52,54-56,58,60-62,64-65H,4-6,8-9,11-12,14-15,18,21,27,29-30,32-40,42-43,45-48H2,1-3H3,(H,59,66)/b10-7+,16-13+,20-17+,22-19-,25-23+,26-24-,31-28+,44-41+. The summed E-state index contributed by atoms with van der Waals surface area (Å²) >= 11 is 0. The van der Waals surface area contributed by atoms with E-state index in [0.717, 1.165) is 89.9 Å². The molecule has 8 atom stereocenters. The fourth-order valence-electron chi connectivity index (χ4n) is 7.78. The van der Waals surface area contributed by atoms with E-state index >= 15 is 0 Å². The van der Waals surface area contributed by atoms with Crippen LogP contribution in [0, 0.1) is 0 Å². The van der Waals surface area contributed by atoms with Crippen molar-refractivity contribution in [2.75, 3.05) is 13.2 Å². The minimum absolute atomic E-state index is 0.0678. The van der Waals surface area contributed by atoms with Crippen LogP contribution in [0.1, 0.15) is 194 Å². The molecule has 1 aliphatic rings. The van der Waals surface area contributed by atoms with Crippen LogP contribution in [0.3, 0.4) is 0 Å². The summed E-state index contributed by atoms with van der Waals surface area (Å²) < 4.78 is 17.5. The van der Waals surface area contributed by atoms with Gasteiger partial charge in [0.1, 0.15) is 24.4 Å². The fourth-order valence-corrected chi connectivity index (χ4v) is 7.78. The number of aliphatic hydroxyl groups excluding tert-OH is 5. The molecular formula is C58H97NO10. The van der Waals surface area contributed by atoms with Gasteiger partial charge in [0.15, 0.2) is 12.4 Å². The van der Waals surface area contributed by atoms with Crippen molar-refractivity contribution in [1.82, 2.24) is 5.32 Å². The highest BCUT2D eigenvalue weighted by molar-refractivity contribution is 5.80. The van der Waals surface area contributed by atoms with Crippen molar-refractivity contribution in [3.63, 3.8) is 0 Å². The molecule has 0 radical (unpaired) electrons. The molecule has 0 aromatic carbocycles. The largest absolute Gasteiger partial charge is 0.454 e. The topological polar surface area (TPSA) is 175 Å². The Balaban J connectivity index is 2.80. The molecule has 1 heterocycles. The highest BCUT2D eigenvalue weighted by Gasteiger charge is 2.47. The SMILES string of the molecule is CC/C=C/C=C/C=C\C=C/C=C/CCCCCC(=O)OC1C(OCC(NC(=O)C(O)CCCCCCC/C=C/C=C/CCCCC)C(O)/C=C/CCCCCCCCCCC)OC(CO)C(O)C1O. The lowest BCUT2D eigenvalue weighted by molar-refractivity contribution is -0.305. The van der Waals surface area contributed by atoms with Crippen molar-refractivity contribution in [1.29, 1.82) is 0 Å². The van der Waals surface area contributed by atoms with E-state index in [1.165, 1.54) is 57.8 Å². The molecule has 8 unspecified atom stereocenters. The van der Waals surface area contributed by atoms with Gasteiger partial charge in [-0.1, -0.05) is 214 Å². The van der Waals surface area contributed by atoms with Crippen LogP contribution in [-0.2, 0) is 23.8 Å². The van der Waals surface area contributed by atoms with Gasteiger partial charge in [0, 0.05) is 6.42 Å². The Morgan fingerprint density at radius 3 is 1.61 bits per heavy atom. The van der Waals surface area contributed by atoms with E-state index < -0.39 is 67.4 Å². The van der Waals surface area contributed by atoms with Crippen LogP contribution in [0.25, 0.3) is 0 Å². The number of ether oxygens (including phenoxy) is 3. The molecular weight excluding hydrogens is 871 g/mol. The first-order chi connectivity index (χ1) is 33.7. The number of nitrogens with one attached hydrogen (secondary N) is 1. The number of carbonyl (C=O) groups excluding carboxylic acids is 2. The average molecular weight is 968 g/mol. The second kappa shape index (κ2) is 45.7. The summed E-state index contributed by atoms with van der Waals surface area (Å²) in [5.74, 6) is -1.26. The first-order valence-corrected chi connectivity index (χ1v) is 27.1. The number of hydrogen-bond donors (Lipinski definition) is 6. The Bertz CT molecular complexity index is 1480. The summed E-state index contributed by atoms with van der Waals surface area (Å²) in [6, 6.07) is -1.04. The molecule has 394 valence electrons. The molecule has 1 fully saturated rings. The molecule has 1 rings (SSSR count). The molecule has 0 aromatic heterocycles. The lowest BCUT2D eigenvalue weighted by Crippen LogP contribution is -2.61. The summed E-state index contributed by atoms with van der Waals surface area (Å²) in [6.07, 6.45) is 48.8. The first-order valence-electron chi connectivity index (χ1n) is 27.1. The van der Waals surface area contributed by atoms with E-state index in [4.69, 9.17) is 14.2 Å². The normalized spacial score (nSPS) is 20.6. The van der Waals surface area contributed by atoms with Gasteiger partial charge in [-0.05, 0) is 70.6 Å². The quantitative estimate of drug-likeness (QED) is 0.0149. The van der Waals surface area contributed by atoms with E-state index in [1.54, 1.807) is 6.08 Å². The molecule has 6 N–H and O–H groups in total. The summed E-state index contributed by atoms with van der Waals surface area (Å²) in [5, 5.41) is 56.6. The lowest BCUT2D eigenvalue weighted by atomic mass is 9.99. The average Bonchev–Trinajstić information content (AvgIpc) is 3.34.